The van der Waals surface area contributed by atoms with Crippen LogP contribution in [0, 0.1) is 12.7 Å². The van der Waals surface area contributed by atoms with E-state index in [-0.39, 0.29) is 5.82 Å². The number of anilines is 1. The molecule has 0 fully saturated rings. The highest BCUT2D eigenvalue weighted by Crippen LogP contribution is 2.10. The van der Waals surface area contributed by atoms with Gasteiger partial charge in [-0.1, -0.05) is 18.2 Å². The molecule has 0 heterocycles. The lowest BCUT2D eigenvalue weighted by Gasteiger charge is -2.13. The van der Waals surface area contributed by atoms with Crippen molar-refractivity contribution in [3.63, 3.8) is 0 Å². The quantitative estimate of drug-likeness (QED) is 0.360. The van der Waals surface area contributed by atoms with E-state index in [9.17, 15) is 4.39 Å². The van der Waals surface area contributed by atoms with Crippen molar-refractivity contribution in [2.45, 2.75) is 19.9 Å². The fourth-order valence-corrected chi connectivity index (χ4v) is 2.70. The first-order valence-electron chi connectivity index (χ1n) is 9.13. The number of hydrogen-bond donors (Lipinski definition) is 3. The summed E-state index contributed by atoms with van der Waals surface area (Å²) in [5, 5.41) is 9.90. The Labute approximate surface area is 161 Å². The van der Waals surface area contributed by atoms with Crippen LogP contribution in [0.4, 0.5) is 10.1 Å². The second-order valence-corrected chi connectivity index (χ2v) is 6.29. The highest BCUT2D eigenvalue weighted by Gasteiger charge is 2.02. The minimum atomic E-state index is -0.193. The van der Waals surface area contributed by atoms with Gasteiger partial charge in [-0.3, -0.25) is 4.99 Å². The smallest absolute Gasteiger partial charge is 0.191 e. The Morgan fingerprint density at radius 1 is 1.07 bits per heavy atom. The largest absolute Gasteiger partial charge is 0.383 e. The van der Waals surface area contributed by atoms with E-state index in [0.29, 0.717) is 13.2 Å². The zero-order valence-electron chi connectivity index (χ0n) is 16.3. The van der Waals surface area contributed by atoms with Crippen LogP contribution in [0.5, 0.6) is 0 Å². The average Bonchev–Trinajstić information content (AvgIpc) is 2.67. The third-order valence-corrected chi connectivity index (χ3v) is 4.26. The standard InChI is InChI=1S/C21H29FN4O/c1-16-14-19(22)7-6-18(16)10-11-25-21(23-2)26-15-17-4-8-20(9-5-17)24-12-13-27-3/h4-9,14,24H,10-13,15H2,1-3H3,(H2,23,25,26). The van der Waals surface area contributed by atoms with Crippen LogP contribution >= 0.6 is 0 Å². The van der Waals surface area contributed by atoms with Gasteiger partial charge < -0.3 is 20.7 Å². The Morgan fingerprint density at radius 3 is 2.52 bits per heavy atom. The molecule has 0 saturated heterocycles. The van der Waals surface area contributed by atoms with Crippen molar-refractivity contribution in [1.82, 2.24) is 10.6 Å². The molecule has 2 rings (SSSR count). The summed E-state index contributed by atoms with van der Waals surface area (Å²) >= 11 is 0. The molecule has 0 aliphatic carbocycles. The average molecular weight is 372 g/mol. The fraction of sp³-hybridized carbons (Fsp3) is 0.381. The molecule has 0 amide bonds. The molecule has 5 nitrogen and oxygen atoms in total. The van der Waals surface area contributed by atoms with Gasteiger partial charge in [0.05, 0.1) is 6.61 Å². The number of rotatable bonds is 9. The molecule has 0 unspecified atom stereocenters. The minimum absolute atomic E-state index is 0.193. The molecule has 3 N–H and O–H groups in total. The molecular weight excluding hydrogens is 343 g/mol. The molecule has 0 radical (unpaired) electrons. The topological polar surface area (TPSA) is 57.7 Å². The van der Waals surface area contributed by atoms with Crippen molar-refractivity contribution in [2.75, 3.05) is 39.2 Å². The van der Waals surface area contributed by atoms with Gasteiger partial charge in [-0.05, 0) is 54.3 Å². The van der Waals surface area contributed by atoms with Crippen LogP contribution in [0.3, 0.4) is 0 Å². The summed E-state index contributed by atoms with van der Waals surface area (Å²) in [5.74, 6) is 0.554. The number of hydrogen-bond acceptors (Lipinski definition) is 3. The van der Waals surface area contributed by atoms with Gasteiger partial charge in [0.1, 0.15) is 5.82 Å². The van der Waals surface area contributed by atoms with E-state index in [4.69, 9.17) is 4.74 Å². The molecule has 2 aromatic carbocycles. The van der Waals surface area contributed by atoms with E-state index in [1.54, 1.807) is 20.2 Å². The number of nitrogens with one attached hydrogen (secondary N) is 3. The van der Waals surface area contributed by atoms with E-state index in [1.165, 1.54) is 11.6 Å². The third-order valence-electron chi connectivity index (χ3n) is 4.26. The van der Waals surface area contributed by atoms with E-state index in [2.05, 4.69) is 45.2 Å². The number of benzene rings is 2. The van der Waals surface area contributed by atoms with E-state index < -0.39 is 0 Å². The van der Waals surface area contributed by atoms with Gasteiger partial charge in [0.2, 0.25) is 0 Å². The van der Waals surface area contributed by atoms with Crippen molar-refractivity contribution in [2.24, 2.45) is 4.99 Å². The number of aryl methyl sites for hydroxylation is 1. The van der Waals surface area contributed by atoms with E-state index in [1.807, 2.05) is 13.0 Å². The van der Waals surface area contributed by atoms with E-state index >= 15 is 0 Å². The Morgan fingerprint density at radius 2 is 1.85 bits per heavy atom. The molecule has 0 spiro atoms. The zero-order valence-corrected chi connectivity index (χ0v) is 16.3. The van der Waals surface area contributed by atoms with Crippen LogP contribution in [0.15, 0.2) is 47.5 Å². The number of methoxy groups -OCH3 is 1. The molecule has 27 heavy (non-hydrogen) atoms. The lowest BCUT2D eigenvalue weighted by Crippen LogP contribution is -2.37. The summed E-state index contributed by atoms with van der Waals surface area (Å²) < 4.78 is 18.2. The maximum Gasteiger partial charge on any atom is 0.191 e. The number of aliphatic imine (C=N–C) groups is 1. The summed E-state index contributed by atoms with van der Waals surface area (Å²) in [6, 6.07) is 13.2. The molecule has 0 atom stereocenters. The molecule has 0 aliphatic rings. The maximum atomic E-state index is 13.2. The molecule has 2 aromatic rings. The monoisotopic (exact) mass is 372 g/mol. The summed E-state index contributed by atoms with van der Waals surface area (Å²) in [4.78, 5) is 4.25. The van der Waals surface area contributed by atoms with Crippen molar-refractivity contribution in [3.05, 3.63) is 65.0 Å². The van der Waals surface area contributed by atoms with Gasteiger partial charge in [0.25, 0.3) is 0 Å². The zero-order chi connectivity index (χ0) is 19.5. The highest BCUT2D eigenvalue weighted by molar-refractivity contribution is 5.79. The molecule has 146 valence electrons. The van der Waals surface area contributed by atoms with Crippen LogP contribution < -0.4 is 16.0 Å². The molecule has 6 heteroatoms. The van der Waals surface area contributed by atoms with Crippen LogP contribution in [0.2, 0.25) is 0 Å². The molecule has 0 aromatic heterocycles. The molecule has 0 bridgehead atoms. The normalized spacial score (nSPS) is 11.3. The van der Waals surface area contributed by atoms with Crippen LogP contribution in [-0.4, -0.2) is 39.8 Å². The SMILES string of the molecule is CN=C(NCCc1ccc(F)cc1C)NCc1ccc(NCCOC)cc1. The van der Waals surface area contributed by atoms with Gasteiger partial charge in [-0.2, -0.15) is 0 Å². The summed E-state index contributed by atoms with van der Waals surface area (Å²) in [7, 11) is 3.44. The summed E-state index contributed by atoms with van der Waals surface area (Å²) in [6.07, 6.45) is 0.814. The molecular formula is C21H29FN4O. The first kappa shape index (κ1) is 20.7. The number of halogens is 1. The number of nitrogens with zero attached hydrogens (tertiary/aromatic N) is 1. The fourth-order valence-electron chi connectivity index (χ4n) is 2.70. The third kappa shape index (κ3) is 7.27. The van der Waals surface area contributed by atoms with Crippen molar-refractivity contribution in [1.29, 1.82) is 0 Å². The van der Waals surface area contributed by atoms with Crippen LogP contribution in [0.25, 0.3) is 0 Å². The van der Waals surface area contributed by atoms with Gasteiger partial charge >= 0.3 is 0 Å². The minimum Gasteiger partial charge on any atom is -0.383 e. The maximum absolute atomic E-state index is 13.2. The van der Waals surface area contributed by atoms with Crippen LogP contribution in [0.1, 0.15) is 16.7 Å². The lowest BCUT2D eigenvalue weighted by molar-refractivity contribution is 0.211. The van der Waals surface area contributed by atoms with Gasteiger partial charge in [-0.25, -0.2) is 4.39 Å². The van der Waals surface area contributed by atoms with Crippen molar-refractivity contribution in [3.8, 4) is 0 Å². The second kappa shape index (κ2) is 11.2. The number of guanidine groups is 1. The van der Waals surface area contributed by atoms with Crippen molar-refractivity contribution < 1.29 is 9.13 Å². The van der Waals surface area contributed by atoms with Gasteiger partial charge in [0, 0.05) is 39.5 Å². The Balaban J connectivity index is 1.75. The summed E-state index contributed by atoms with van der Waals surface area (Å²) in [5.41, 5.74) is 4.35. The summed E-state index contributed by atoms with van der Waals surface area (Å²) in [6.45, 7) is 4.82. The molecule has 0 saturated carbocycles. The highest BCUT2D eigenvalue weighted by atomic mass is 19.1. The lowest BCUT2D eigenvalue weighted by atomic mass is 10.1. The van der Waals surface area contributed by atoms with Gasteiger partial charge in [0.15, 0.2) is 5.96 Å². The Kier molecular flexibility index (Phi) is 8.58. The van der Waals surface area contributed by atoms with Gasteiger partial charge in [-0.15, -0.1) is 0 Å². The first-order valence-corrected chi connectivity index (χ1v) is 9.13. The van der Waals surface area contributed by atoms with E-state index in [0.717, 1.165) is 42.3 Å². The first-order chi connectivity index (χ1) is 13.1. The Bertz CT molecular complexity index is 731. The predicted molar refractivity (Wildman–Crippen MR) is 110 cm³/mol. The van der Waals surface area contributed by atoms with Crippen LogP contribution in [-0.2, 0) is 17.7 Å². The second-order valence-electron chi connectivity index (χ2n) is 6.29. The number of ether oxygens (including phenoxy) is 1. The molecule has 0 aliphatic heterocycles. The predicted octanol–water partition coefficient (Wildman–Crippen LogP) is 3.10. The van der Waals surface area contributed by atoms with Crippen molar-refractivity contribution >= 4 is 11.6 Å². The Hall–Kier alpha value is -2.60.